The van der Waals surface area contributed by atoms with Crippen LogP contribution in [0.25, 0.3) is 0 Å². The smallest absolute Gasteiger partial charge is 0.233 e. The molecular weight excluding hydrogens is 288 g/mol. The van der Waals surface area contributed by atoms with Gasteiger partial charge in [-0.05, 0) is 36.2 Å². The third kappa shape index (κ3) is 6.90. The summed E-state index contributed by atoms with van der Waals surface area (Å²) in [5.41, 5.74) is 0. The first kappa shape index (κ1) is 17.9. The second-order valence-electron chi connectivity index (χ2n) is 5.33. The minimum atomic E-state index is -0.211. The summed E-state index contributed by atoms with van der Waals surface area (Å²) in [7, 11) is 0. The molecule has 0 aliphatic carbocycles. The first-order valence-corrected chi connectivity index (χ1v) is 8.33. The van der Waals surface area contributed by atoms with Crippen molar-refractivity contribution in [3.05, 3.63) is 0 Å². The maximum absolute atomic E-state index is 12.0. The number of nitrogens with zero attached hydrogens (tertiary/aromatic N) is 4. The first-order valence-electron chi connectivity index (χ1n) is 7.45. The SMILES string of the molecule is CCCNCCn1nnnc1SC(C)C(=O)NCC(C)C. The number of carbonyl (C=O) groups is 1. The van der Waals surface area contributed by atoms with Crippen molar-refractivity contribution in [2.24, 2.45) is 5.92 Å². The molecule has 0 bridgehead atoms. The van der Waals surface area contributed by atoms with Crippen LogP contribution in [0.3, 0.4) is 0 Å². The number of nitrogens with one attached hydrogen (secondary N) is 2. The van der Waals surface area contributed by atoms with Crippen molar-refractivity contribution in [3.8, 4) is 0 Å². The lowest BCUT2D eigenvalue weighted by molar-refractivity contribution is -0.120. The van der Waals surface area contributed by atoms with Crippen LogP contribution in [0.15, 0.2) is 5.16 Å². The molecule has 7 nitrogen and oxygen atoms in total. The largest absolute Gasteiger partial charge is 0.355 e. The summed E-state index contributed by atoms with van der Waals surface area (Å²) in [6.45, 7) is 11.3. The van der Waals surface area contributed by atoms with E-state index in [9.17, 15) is 4.79 Å². The van der Waals surface area contributed by atoms with Gasteiger partial charge in [-0.15, -0.1) is 5.10 Å². The van der Waals surface area contributed by atoms with Crippen LogP contribution in [0.4, 0.5) is 0 Å². The number of carbonyl (C=O) groups excluding carboxylic acids is 1. The van der Waals surface area contributed by atoms with Crippen LogP contribution in [0.5, 0.6) is 0 Å². The minimum absolute atomic E-state index is 0.0207. The Kier molecular flexibility index (Phi) is 8.29. The Morgan fingerprint density at radius 3 is 2.76 bits per heavy atom. The lowest BCUT2D eigenvalue weighted by atomic mass is 10.2. The summed E-state index contributed by atoms with van der Waals surface area (Å²) in [6, 6.07) is 0. The fourth-order valence-electron chi connectivity index (χ4n) is 1.57. The van der Waals surface area contributed by atoms with Crippen LogP contribution in [-0.2, 0) is 11.3 Å². The van der Waals surface area contributed by atoms with E-state index in [0.29, 0.717) is 24.2 Å². The van der Waals surface area contributed by atoms with Gasteiger partial charge in [0.2, 0.25) is 11.1 Å². The van der Waals surface area contributed by atoms with E-state index in [4.69, 9.17) is 0 Å². The van der Waals surface area contributed by atoms with E-state index in [1.54, 1.807) is 4.68 Å². The molecule has 1 aromatic rings. The molecule has 21 heavy (non-hydrogen) atoms. The predicted octanol–water partition coefficient (Wildman–Crippen LogP) is 0.926. The van der Waals surface area contributed by atoms with E-state index in [1.807, 2.05) is 6.92 Å². The van der Waals surface area contributed by atoms with Gasteiger partial charge in [0.1, 0.15) is 0 Å². The number of amides is 1. The van der Waals surface area contributed by atoms with Crippen molar-refractivity contribution in [1.82, 2.24) is 30.8 Å². The molecule has 0 saturated carbocycles. The third-order valence-electron chi connectivity index (χ3n) is 2.76. The van der Waals surface area contributed by atoms with E-state index in [0.717, 1.165) is 19.5 Å². The van der Waals surface area contributed by atoms with Gasteiger partial charge in [0.05, 0.1) is 11.8 Å². The lowest BCUT2D eigenvalue weighted by Crippen LogP contribution is -2.33. The molecule has 1 unspecified atom stereocenters. The van der Waals surface area contributed by atoms with Crippen LogP contribution in [-0.4, -0.2) is 51.0 Å². The van der Waals surface area contributed by atoms with Crippen LogP contribution in [0, 0.1) is 5.92 Å². The second-order valence-corrected chi connectivity index (χ2v) is 6.64. The first-order chi connectivity index (χ1) is 10.0. The molecule has 8 heteroatoms. The van der Waals surface area contributed by atoms with E-state index in [-0.39, 0.29) is 11.2 Å². The Labute approximate surface area is 130 Å². The number of tetrazole rings is 1. The predicted molar refractivity (Wildman–Crippen MR) is 84.1 cm³/mol. The van der Waals surface area contributed by atoms with Gasteiger partial charge in [0, 0.05) is 13.1 Å². The Hall–Kier alpha value is -1.15. The van der Waals surface area contributed by atoms with Crippen molar-refractivity contribution in [2.75, 3.05) is 19.6 Å². The summed E-state index contributed by atoms with van der Waals surface area (Å²) in [5.74, 6) is 0.466. The third-order valence-corrected chi connectivity index (χ3v) is 3.83. The zero-order valence-corrected chi connectivity index (χ0v) is 14.1. The number of rotatable bonds is 10. The van der Waals surface area contributed by atoms with Gasteiger partial charge in [0.15, 0.2) is 0 Å². The monoisotopic (exact) mass is 314 g/mol. The number of thioether (sulfide) groups is 1. The van der Waals surface area contributed by atoms with Crippen molar-refractivity contribution in [1.29, 1.82) is 0 Å². The zero-order chi connectivity index (χ0) is 15.7. The van der Waals surface area contributed by atoms with Crippen molar-refractivity contribution in [3.63, 3.8) is 0 Å². The summed E-state index contributed by atoms with van der Waals surface area (Å²) in [6.07, 6.45) is 1.10. The van der Waals surface area contributed by atoms with Gasteiger partial charge in [-0.3, -0.25) is 4.79 Å². The highest BCUT2D eigenvalue weighted by Crippen LogP contribution is 2.19. The molecule has 1 aromatic heterocycles. The van der Waals surface area contributed by atoms with Gasteiger partial charge in [0.25, 0.3) is 0 Å². The van der Waals surface area contributed by atoms with Crippen molar-refractivity contribution >= 4 is 17.7 Å². The highest BCUT2D eigenvalue weighted by atomic mass is 32.2. The molecule has 0 spiro atoms. The quantitative estimate of drug-likeness (QED) is 0.493. The molecule has 1 atom stereocenters. The lowest BCUT2D eigenvalue weighted by Gasteiger charge is -2.13. The fraction of sp³-hybridized carbons (Fsp3) is 0.846. The van der Waals surface area contributed by atoms with Gasteiger partial charge >= 0.3 is 0 Å². The Morgan fingerprint density at radius 2 is 2.10 bits per heavy atom. The topological polar surface area (TPSA) is 84.7 Å². The molecule has 2 N–H and O–H groups in total. The molecule has 0 saturated heterocycles. The summed E-state index contributed by atoms with van der Waals surface area (Å²) in [5, 5.41) is 18.3. The molecule has 0 aliphatic rings. The van der Waals surface area contributed by atoms with Gasteiger partial charge < -0.3 is 10.6 Å². The van der Waals surface area contributed by atoms with E-state index < -0.39 is 0 Å². The average Bonchev–Trinajstić information content (AvgIpc) is 2.88. The maximum Gasteiger partial charge on any atom is 0.233 e. The fourth-order valence-corrected chi connectivity index (χ4v) is 2.41. The Bertz CT molecular complexity index is 423. The van der Waals surface area contributed by atoms with Crippen LogP contribution >= 0.6 is 11.8 Å². The number of aromatic nitrogens is 4. The highest BCUT2D eigenvalue weighted by molar-refractivity contribution is 8.00. The summed E-state index contributed by atoms with van der Waals surface area (Å²) < 4.78 is 1.74. The molecule has 1 amide bonds. The van der Waals surface area contributed by atoms with Gasteiger partial charge in [-0.1, -0.05) is 32.5 Å². The summed E-state index contributed by atoms with van der Waals surface area (Å²) >= 11 is 1.39. The standard InChI is InChI=1S/C13H26N6OS/c1-5-6-14-7-8-19-13(16-17-18-19)21-11(4)12(20)15-9-10(2)3/h10-11,14H,5-9H2,1-4H3,(H,15,20). The van der Waals surface area contributed by atoms with Gasteiger partial charge in [-0.25, -0.2) is 4.68 Å². The normalized spacial score (nSPS) is 12.6. The molecule has 120 valence electrons. The molecule has 0 radical (unpaired) electrons. The number of hydrogen-bond acceptors (Lipinski definition) is 6. The van der Waals surface area contributed by atoms with Crippen LogP contribution < -0.4 is 10.6 Å². The minimum Gasteiger partial charge on any atom is -0.355 e. The van der Waals surface area contributed by atoms with E-state index in [1.165, 1.54) is 11.8 Å². The maximum atomic E-state index is 12.0. The van der Waals surface area contributed by atoms with Crippen LogP contribution in [0.2, 0.25) is 0 Å². The zero-order valence-electron chi connectivity index (χ0n) is 13.3. The average molecular weight is 314 g/mol. The Morgan fingerprint density at radius 1 is 1.33 bits per heavy atom. The van der Waals surface area contributed by atoms with E-state index >= 15 is 0 Å². The van der Waals surface area contributed by atoms with Gasteiger partial charge in [-0.2, -0.15) is 0 Å². The summed E-state index contributed by atoms with van der Waals surface area (Å²) in [4.78, 5) is 12.0. The van der Waals surface area contributed by atoms with E-state index in [2.05, 4.69) is 46.9 Å². The number of hydrogen-bond donors (Lipinski definition) is 2. The molecular formula is C13H26N6OS. The molecule has 0 fully saturated rings. The molecule has 0 aromatic carbocycles. The van der Waals surface area contributed by atoms with Crippen LogP contribution in [0.1, 0.15) is 34.1 Å². The highest BCUT2D eigenvalue weighted by Gasteiger charge is 2.18. The Balaban J connectivity index is 2.43. The molecule has 1 rings (SSSR count). The van der Waals surface area contributed by atoms with Crippen molar-refractivity contribution in [2.45, 2.75) is 51.1 Å². The molecule has 1 heterocycles. The second kappa shape index (κ2) is 9.73. The molecule has 0 aliphatic heterocycles. The van der Waals surface area contributed by atoms with Crippen molar-refractivity contribution < 1.29 is 4.79 Å².